The molecule has 6 aromatic rings. The number of aromatic hydroxyl groups is 1. The molecule has 1 aliphatic carbocycles. The molecule has 12 nitrogen and oxygen atoms in total. The van der Waals surface area contributed by atoms with Crippen molar-refractivity contribution >= 4 is 17.7 Å². The lowest BCUT2D eigenvalue weighted by molar-refractivity contribution is 0.152. The Hall–Kier alpha value is -6.57. The lowest BCUT2D eigenvalue weighted by Crippen LogP contribution is -2.60. The number of nitrogens with zero attached hydrogens (tertiary/aromatic N) is 2. The minimum absolute atomic E-state index is 0.0372. The first-order valence-corrected chi connectivity index (χ1v) is 26.2. The second kappa shape index (κ2) is 22.3. The molecule has 4 aliphatic heterocycles. The van der Waals surface area contributed by atoms with Gasteiger partial charge in [-0.25, -0.2) is 0 Å². The molecule has 5 aliphatic rings. The van der Waals surface area contributed by atoms with Crippen LogP contribution >= 0.6 is 0 Å². The maximum absolute atomic E-state index is 12.2. The SMILES string of the molecule is CCc1cc2c([n-]1)N1CCNC[C@H]1C1(CCCC1)c1ccc(c(CO)c1)C[C@H](CO)COc1c(c3c(c(OCC[C@@H](O)/C=C/c4ccccc4)c1OC)C(=[OH+])CC(c1ccc(O)cc1)O3)CCc1cccc-2c1. The number of carbonyl (C=O) groups excluding carboxylic acids is 1. The number of methoxy groups -OCH3 is 1. The number of aliphatic hydroxyl groups excluding tert-OH is 3. The fourth-order valence-electron chi connectivity index (χ4n) is 11.8. The van der Waals surface area contributed by atoms with E-state index in [1.165, 1.54) is 5.56 Å². The first-order chi connectivity index (χ1) is 35.7. The molecule has 0 amide bonds. The van der Waals surface area contributed by atoms with Gasteiger partial charge >= 0.3 is 5.78 Å². The van der Waals surface area contributed by atoms with Crippen molar-refractivity contribution in [3.8, 4) is 39.9 Å². The summed E-state index contributed by atoms with van der Waals surface area (Å²) in [5.74, 6) is 2.02. The molecule has 4 atom stereocenters. The van der Waals surface area contributed by atoms with E-state index in [1.807, 2.05) is 36.4 Å². The Bertz CT molecular complexity index is 2910. The molecule has 1 aromatic heterocycles. The van der Waals surface area contributed by atoms with Crippen LogP contribution in [0.5, 0.6) is 28.7 Å². The van der Waals surface area contributed by atoms with Crippen LogP contribution < -0.4 is 34.1 Å². The maximum atomic E-state index is 12.2. The molecule has 12 heteroatoms. The van der Waals surface area contributed by atoms with E-state index in [4.69, 9.17) is 23.9 Å². The summed E-state index contributed by atoms with van der Waals surface area (Å²) < 4.78 is 26.8. The Morgan fingerprint density at radius 2 is 1.75 bits per heavy atom. The topological polar surface area (TPSA) is 169 Å². The average Bonchev–Trinajstić information content (AvgIpc) is 4.11. The third-order valence-corrected chi connectivity index (χ3v) is 15.7. The van der Waals surface area contributed by atoms with Crippen LogP contribution in [0.15, 0.2) is 109 Å². The molecule has 5 heterocycles. The third kappa shape index (κ3) is 10.4. The third-order valence-electron chi connectivity index (χ3n) is 15.7. The number of aliphatic hydroxyl groups is 3. The molecular weight excluding hydrogens is 919 g/mol. The highest BCUT2D eigenvalue weighted by Crippen LogP contribution is 2.54. The van der Waals surface area contributed by atoms with E-state index >= 15 is 0 Å². The number of hydrogen-bond acceptors (Lipinski definition) is 10. The first kappa shape index (κ1) is 50.0. The normalized spacial score (nSPS) is 20.1. The Kier molecular flexibility index (Phi) is 15.3. The molecule has 0 radical (unpaired) electrons. The van der Waals surface area contributed by atoms with E-state index in [0.717, 1.165) is 102 Å². The summed E-state index contributed by atoms with van der Waals surface area (Å²) in [6, 6.07) is 34.3. The highest BCUT2D eigenvalue weighted by atomic mass is 16.5. The molecular formula is C61H69N3O9. The smallest absolute Gasteiger partial charge is 0.335 e. The molecule has 6 N–H and O–H groups in total. The van der Waals surface area contributed by atoms with Crippen molar-refractivity contribution in [1.29, 1.82) is 0 Å². The van der Waals surface area contributed by atoms with E-state index in [9.17, 15) is 25.2 Å². The number of phenols is 1. The van der Waals surface area contributed by atoms with Gasteiger partial charge in [0.25, 0.3) is 0 Å². The molecule has 1 spiro atoms. The van der Waals surface area contributed by atoms with Crippen LogP contribution in [0.3, 0.4) is 0 Å². The summed E-state index contributed by atoms with van der Waals surface area (Å²) in [6.07, 6.45) is 9.07. The summed E-state index contributed by atoms with van der Waals surface area (Å²) in [4.78, 5) is 20.2. The number of aromatic nitrogens is 1. The van der Waals surface area contributed by atoms with Crippen LogP contribution in [-0.2, 0) is 37.7 Å². The molecule has 382 valence electrons. The Labute approximate surface area is 428 Å². The van der Waals surface area contributed by atoms with Gasteiger partial charge in [-0.3, -0.25) is 4.79 Å². The number of aryl methyl sites for hydroxylation is 2. The summed E-state index contributed by atoms with van der Waals surface area (Å²) in [7, 11) is 1.55. The Morgan fingerprint density at radius 1 is 0.932 bits per heavy atom. The lowest BCUT2D eigenvalue weighted by atomic mass is 9.70. The predicted octanol–water partition coefficient (Wildman–Crippen LogP) is 8.96. The molecule has 73 heavy (non-hydrogen) atoms. The van der Waals surface area contributed by atoms with Gasteiger partial charge in [0.2, 0.25) is 5.75 Å². The van der Waals surface area contributed by atoms with Crippen LogP contribution in [0.25, 0.3) is 17.2 Å². The van der Waals surface area contributed by atoms with E-state index in [-0.39, 0.29) is 79.7 Å². The van der Waals surface area contributed by atoms with Crippen molar-refractivity contribution < 1.29 is 44.2 Å². The number of rotatable bonds is 11. The van der Waals surface area contributed by atoms with E-state index in [1.54, 1.807) is 37.5 Å². The number of nitrogens with one attached hydrogen (secondary N) is 1. The zero-order chi connectivity index (χ0) is 50.5. The van der Waals surface area contributed by atoms with Crippen molar-refractivity contribution in [1.82, 2.24) is 10.3 Å². The quantitative estimate of drug-likeness (QED) is 0.0787. The van der Waals surface area contributed by atoms with Gasteiger partial charge < -0.3 is 54.6 Å². The average molecular weight is 988 g/mol. The molecule has 4 bridgehead atoms. The number of piperazine rings is 1. The highest BCUT2D eigenvalue weighted by molar-refractivity contribution is 6.05. The molecule has 1 saturated carbocycles. The largest absolute Gasteiger partial charge is 0.508 e. The summed E-state index contributed by atoms with van der Waals surface area (Å²) >= 11 is 0. The molecule has 11 rings (SSSR count). The van der Waals surface area contributed by atoms with Crippen LogP contribution in [0.4, 0.5) is 5.82 Å². The number of anilines is 1. The summed E-state index contributed by atoms with van der Waals surface area (Å²) in [5, 5.41) is 47.2. The fraction of sp³-hybridized carbons (Fsp3) is 0.393. The van der Waals surface area contributed by atoms with Crippen molar-refractivity contribution in [2.75, 3.05) is 51.5 Å². The van der Waals surface area contributed by atoms with Gasteiger partial charge in [-0.15, -0.1) is 0 Å². The summed E-state index contributed by atoms with van der Waals surface area (Å²) in [6.45, 7) is 4.47. The zero-order valence-electron chi connectivity index (χ0n) is 42.1. The Balaban J connectivity index is 1.10. The highest BCUT2D eigenvalue weighted by Gasteiger charge is 2.45. The molecule has 5 aromatic carbocycles. The van der Waals surface area contributed by atoms with Crippen molar-refractivity contribution in [2.45, 2.75) is 101 Å². The van der Waals surface area contributed by atoms with Crippen molar-refractivity contribution in [3.63, 3.8) is 0 Å². The van der Waals surface area contributed by atoms with Gasteiger partial charge in [-0.2, -0.15) is 0 Å². The van der Waals surface area contributed by atoms with E-state index in [2.05, 4.69) is 65.7 Å². The zero-order valence-corrected chi connectivity index (χ0v) is 42.1. The number of fused-ring (bicyclic) bond motifs is 7. The number of phenolic OH excluding ortho intramolecular Hbond substituents is 1. The van der Waals surface area contributed by atoms with Gasteiger partial charge in [0.1, 0.15) is 24.0 Å². The predicted molar refractivity (Wildman–Crippen MR) is 285 cm³/mol. The number of ketones is 1. The van der Waals surface area contributed by atoms with Crippen LogP contribution in [0.1, 0.15) is 102 Å². The minimum atomic E-state index is -0.825. The molecule has 1 saturated heterocycles. The van der Waals surface area contributed by atoms with Gasteiger partial charge in [0, 0.05) is 24.5 Å². The van der Waals surface area contributed by atoms with Crippen LogP contribution in [-0.4, -0.2) is 89.7 Å². The minimum Gasteiger partial charge on any atom is -0.508 e. The second-order valence-electron chi connectivity index (χ2n) is 20.2. The monoisotopic (exact) mass is 988 g/mol. The van der Waals surface area contributed by atoms with Gasteiger partial charge in [0.05, 0.1) is 33.0 Å². The van der Waals surface area contributed by atoms with E-state index in [0.29, 0.717) is 41.9 Å². The lowest BCUT2D eigenvalue weighted by Gasteiger charge is -2.54. The first-order valence-electron chi connectivity index (χ1n) is 26.2. The standard InChI is InChI=1S/C61H68N3O9/c1-3-47-33-51-44-13-9-12-40(30-44)15-23-50-56-55(52(69)34-53(73-56)42-17-21-48(67)22-18-42)58(71-29-24-49(68)20-14-39-10-5-4-6-11-39)59(70-2)57(50)72-38-41(36-65)31-43-16-19-46(32-45(43)37-66)61(25-7-8-26-61)54-35-62-27-28-64(54)60(51)63-47/h4-6,9-14,16-22,30,32-33,41,49,53-54,62,65-68H,3,7-8,15,23-29,31,34-38H2,1-2H3/q-1/p+1/b20-14+/t41-,49+,53?,54+/m1/s1. The van der Waals surface area contributed by atoms with Gasteiger partial charge in [-0.05, 0) is 126 Å². The Morgan fingerprint density at radius 3 is 2.52 bits per heavy atom. The summed E-state index contributed by atoms with van der Waals surface area (Å²) in [5.41, 5.74) is 9.92. The van der Waals surface area contributed by atoms with Crippen molar-refractivity contribution in [2.24, 2.45) is 5.92 Å². The molecule has 1 unspecified atom stereocenters. The van der Waals surface area contributed by atoms with E-state index < -0.39 is 12.2 Å². The second-order valence-corrected chi connectivity index (χ2v) is 20.2. The van der Waals surface area contributed by atoms with Crippen LogP contribution in [0.2, 0.25) is 0 Å². The van der Waals surface area contributed by atoms with Crippen molar-refractivity contribution in [3.05, 3.63) is 159 Å². The number of ether oxygens (including phenoxy) is 4. The number of hydrogen-bond donors (Lipinski definition) is 5. The maximum Gasteiger partial charge on any atom is 0.335 e. The molecule has 2 fully saturated rings. The number of benzene rings is 5. The van der Waals surface area contributed by atoms with Gasteiger partial charge in [-0.1, -0.05) is 134 Å². The fourth-order valence-corrected chi connectivity index (χ4v) is 11.8. The van der Waals surface area contributed by atoms with Gasteiger partial charge in [0.15, 0.2) is 17.1 Å². The van der Waals surface area contributed by atoms with Crippen LogP contribution in [0, 0.1) is 5.92 Å².